The van der Waals surface area contributed by atoms with E-state index in [0.29, 0.717) is 0 Å². The normalized spacial score (nSPS) is 22.7. The summed E-state index contributed by atoms with van der Waals surface area (Å²) in [6.07, 6.45) is 1.97. The Labute approximate surface area is 125 Å². The minimum absolute atomic E-state index is 0.0298. The van der Waals surface area contributed by atoms with Crippen LogP contribution in [0.25, 0.3) is 0 Å². The van der Waals surface area contributed by atoms with Gasteiger partial charge in [0.25, 0.3) is 0 Å². The molecule has 6 nitrogen and oxygen atoms in total. The number of amides is 1. The number of anilines is 1. The van der Waals surface area contributed by atoms with E-state index in [-0.39, 0.29) is 11.9 Å². The van der Waals surface area contributed by atoms with Gasteiger partial charge < -0.3 is 14.5 Å². The highest BCUT2D eigenvalue weighted by atomic mass is 16.5. The van der Waals surface area contributed by atoms with Crippen LogP contribution in [-0.4, -0.2) is 53.6 Å². The summed E-state index contributed by atoms with van der Waals surface area (Å²) in [7, 11) is 0. The number of ether oxygens (including phenoxy) is 1. The Morgan fingerprint density at radius 3 is 2.76 bits per heavy atom. The first-order valence-corrected chi connectivity index (χ1v) is 7.60. The highest BCUT2D eigenvalue weighted by Crippen LogP contribution is 2.31. The van der Waals surface area contributed by atoms with Crippen LogP contribution < -0.4 is 4.90 Å². The second kappa shape index (κ2) is 5.97. The maximum atomic E-state index is 11.7. The lowest BCUT2D eigenvalue weighted by atomic mass is 10.2. The molecule has 114 valence electrons. The van der Waals surface area contributed by atoms with Crippen molar-refractivity contribution < 1.29 is 9.53 Å². The Kier molecular flexibility index (Phi) is 4.05. The molecule has 6 heteroatoms. The number of likely N-dealkylation sites (tertiary alicyclic amines) is 1. The maximum absolute atomic E-state index is 11.7. The molecule has 0 aliphatic carbocycles. The molecule has 1 atom stereocenters. The number of carbonyl (C=O) groups excluding carboxylic acids is 1. The molecule has 0 spiro atoms. The third-order valence-electron chi connectivity index (χ3n) is 4.15. The third kappa shape index (κ3) is 3.00. The van der Waals surface area contributed by atoms with Crippen molar-refractivity contribution in [3.05, 3.63) is 17.6 Å². The van der Waals surface area contributed by atoms with Crippen molar-refractivity contribution in [1.82, 2.24) is 14.9 Å². The Bertz CT molecular complexity index is 528. The summed E-state index contributed by atoms with van der Waals surface area (Å²) in [5.41, 5.74) is 0.955. The Morgan fingerprint density at radius 1 is 1.29 bits per heavy atom. The molecule has 2 aliphatic rings. The summed E-state index contributed by atoms with van der Waals surface area (Å²) in [6.45, 7) is 7.61. The summed E-state index contributed by atoms with van der Waals surface area (Å²) in [5.74, 6) is 1.84. The van der Waals surface area contributed by atoms with Gasteiger partial charge in [-0.1, -0.05) is 0 Å². The zero-order chi connectivity index (χ0) is 14.8. The van der Waals surface area contributed by atoms with E-state index in [2.05, 4.69) is 9.88 Å². The largest absolute Gasteiger partial charge is 0.378 e. The van der Waals surface area contributed by atoms with Crippen LogP contribution in [-0.2, 0) is 9.53 Å². The van der Waals surface area contributed by atoms with Gasteiger partial charge >= 0.3 is 0 Å². The monoisotopic (exact) mass is 290 g/mol. The van der Waals surface area contributed by atoms with Gasteiger partial charge in [0, 0.05) is 38.3 Å². The quantitative estimate of drug-likeness (QED) is 0.822. The van der Waals surface area contributed by atoms with E-state index in [4.69, 9.17) is 9.72 Å². The van der Waals surface area contributed by atoms with Gasteiger partial charge in [0.1, 0.15) is 5.82 Å². The van der Waals surface area contributed by atoms with Crippen molar-refractivity contribution in [3.8, 4) is 0 Å². The number of aryl methyl sites for hydroxylation is 1. The van der Waals surface area contributed by atoms with Gasteiger partial charge in [-0.2, -0.15) is 0 Å². The summed E-state index contributed by atoms with van der Waals surface area (Å²) >= 11 is 0. The summed E-state index contributed by atoms with van der Waals surface area (Å²) in [5, 5.41) is 0. The molecule has 1 aromatic rings. The van der Waals surface area contributed by atoms with Crippen LogP contribution in [0, 0.1) is 6.92 Å². The van der Waals surface area contributed by atoms with Crippen LogP contribution in [0.5, 0.6) is 0 Å². The van der Waals surface area contributed by atoms with E-state index in [9.17, 15) is 4.79 Å². The second-order valence-electron chi connectivity index (χ2n) is 5.70. The lowest BCUT2D eigenvalue weighted by Gasteiger charge is -2.29. The average Bonchev–Trinajstić information content (AvgIpc) is 2.97. The van der Waals surface area contributed by atoms with E-state index in [1.807, 2.05) is 17.9 Å². The van der Waals surface area contributed by atoms with Crippen LogP contribution in [0.2, 0.25) is 0 Å². The van der Waals surface area contributed by atoms with Crippen LogP contribution in [0.15, 0.2) is 6.07 Å². The number of hydrogen-bond donors (Lipinski definition) is 0. The Hall–Kier alpha value is -1.69. The van der Waals surface area contributed by atoms with Gasteiger partial charge in [-0.25, -0.2) is 9.97 Å². The van der Waals surface area contributed by atoms with Crippen molar-refractivity contribution in [2.24, 2.45) is 0 Å². The highest BCUT2D eigenvalue weighted by molar-refractivity contribution is 5.74. The molecule has 21 heavy (non-hydrogen) atoms. The van der Waals surface area contributed by atoms with E-state index >= 15 is 0 Å². The summed E-state index contributed by atoms with van der Waals surface area (Å²) in [6, 6.07) is 2.05. The number of hydrogen-bond acceptors (Lipinski definition) is 5. The molecule has 0 unspecified atom stereocenters. The predicted octanol–water partition coefficient (Wildman–Crippen LogP) is 1.31. The number of aromatic nitrogens is 2. The molecular weight excluding hydrogens is 268 g/mol. The van der Waals surface area contributed by atoms with E-state index in [1.165, 1.54) is 0 Å². The third-order valence-corrected chi connectivity index (χ3v) is 4.15. The smallest absolute Gasteiger partial charge is 0.220 e. The fourth-order valence-electron chi connectivity index (χ4n) is 3.09. The number of nitrogens with zero attached hydrogens (tertiary/aromatic N) is 4. The molecule has 3 rings (SSSR count). The SMILES string of the molecule is CC(=O)N1CCC[C@H]1c1nc(C)cc(N2CCOCC2)n1. The van der Waals surface area contributed by atoms with E-state index in [1.54, 1.807) is 6.92 Å². The van der Waals surface area contributed by atoms with Crippen LogP contribution in [0.1, 0.15) is 37.3 Å². The molecule has 2 fully saturated rings. The molecule has 1 aromatic heterocycles. The highest BCUT2D eigenvalue weighted by Gasteiger charge is 2.30. The lowest BCUT2D eigenvalue weighted by molar-refractivity contribution is -0.129. The molecule has 2 aliphatic heterocycles. The molecule has 0 radical (unpaired) electrons. The van der Waals surface area contributed by atoms with Crippen molar-refractivity contribution in [2.75, 3.05) is 37.7 Å². The fraction of sp³-hybridized carbons (Fsp3) is 0.667. The van der Waals surface area contributed by atoms with Crippen LogP contribution >= 0.6 is 0 Å². The van der Waals surface area contributed by atoms with E-state index < -0.39 is 0 Å². The number of carbonyl (C=O) groups is 1. The minimum atomic E-state index is 0.0298. The van der Waals surface area contributed by atoms with Crippen molar-refractivity contribution in [3.63, 3.8) is 0 Å². The maximum Gasteiger partial charge on any atom is 0.220 e. The van der Waals surface area contributed by atoms with Gasteiger partial charge in [0.15, 0.2) is 5.82 Å². The van der Waals surface area contributed by atoms with Crippen LogP contribution in [0.3, 0.4) is 0 Å². The van der Waals surface area contributed by atoms with Crippen molar-refractivity contribution in [1.29, 1.82) is 0 Å². The van der Waals surface area contributed by atoms with E-state index in [0.717, 1.165) is 63.0 Å². The van der Waals surface area contributed by atoms with Crippen LogP contribution in [0.4, 0.5) is 5.82 Å². The summed E-state index contributed by atoms with van der Waals surface area (Å²) in [4.78, 5) is 25.2. The first-order chi connectivity index (χ1) is 10.1. The molecular formula is C15H22N4O2. The standard InChI is InChI=1S/C15H22N4O2/c1-11-10-14(18-6-8-21-9-7-18)17-15(16-11)13-4-3-5-19(13)12(2)20/h10,13H,3-9H2,1-2H3/t13-/m0/s1. The van der Waals surface area contributed by atoms with Gasteiger partial charge in [-0.05, 0) is 19.8 Å². The fourth-order valence-corrected chi connectivity index (χ4v) is 3.09. The Morgan fingerprint density at radius 2 is 2.05 bits per heavy atom. The summed E-state index contributed by atoms with van der Waals surface area (Å²) < 4.78 is 5.39. The van der Waals surface area contributed by atoms with Gasteiger partial charge in [-0.3, -0.25) is 4.79 Å². The van der Waals surface area contributed by atoms with Gasteiger partial charge in [0.2, 0.25) is 5.91 Å². The number of morpholine rings is 1. The van der Waals surface area contributed by atoms with Crippen molar-refractivity contribution in [2.45, 2.75) is 32.7 Å². The minimum Gasteiger partial charge on any atom is -0.378 e. The molecule has 1 amide bonds. The lowest BCUT2D eigenvalue weighted by Crippen LogP contribution is -2.37. The molecule has 0 saturated carbocycles. The zero-order valence-electron chi connectivity index (χ0n) is 12.7. The zero-order valence-corrected chi connectivity index (χ0v) is 12.7. The molecule has 3 heterocycles. The molecule has 0 aromatic carbocycles. The number of rotatable bonds is 2. The second-order valence-corrected chi connectivity index (χ2v) is 5.70. The first-order valence-electron chi connectivity index (χ1n) is 7.60. The average molecular weight is 290 g/mol. The topological polar surface area (TPSA) is 58.6 Å². The van der Waals surface area contributed by atoms with Gasteiger partial charge in [-0.15, -0.1) is 0 Å². The molecule has 0 bridgehead atoms. The first kappa shape index (κ1) is 14.3. The Balaban J connectivity index is 1.88. The van der Waals surface area contributed by atoms with Crippen molar-refractivity contribution >= 4 is 11.7 Å². The molecule has 0 N–H and O–H groups in total. The predicted molar refractivity (Wildman–Crippen MR) is 79.2 cm³/mol. The molecule has 2 saturated heterocycles. The van der Waals surface area contributed by atoms with Gasteiger partial charge in [0.05, 0.1) is 19.3 Å².